The standard InChI is InChI=1S/C10H10Cl2N2/c1-6-7(11)4-14-9(8(6)12)10(2,3)5-13/h4H,1-3H3. The van der Waals surface area contributed by atoms with E-state index in [4.69, 9.17) is 28.5 Å². The van der Waals surface area contributed by atoms with E-state index in [1.807, 2.05) is 6.92 Å². The third-order valence-electron chi connectivity index (χ3n) is 2.07. The Kier molecular flexibility index (Phi) is 3.04. The summed E-state index contributed by atoms with van der Waals surface area (Å²) in [7, 11) is 0. The highest BCUT2D eigenvalue weighted by Crippen LogP contribution is 2.32. The first kappa shape index (κ1) is 11.3. The van der Waals surface area contributed by atoms with Crippen molar-refractivity contribution < 1.29 is 0 Å². The third-order valence-corrected chi connectivity index (χ3v) is 2.92. The maximum Gasteiger partial charge on any atom is 0.0952 e. The largest absolute Gasteiger partial charge is 0.256 e. The Hall–Kier alpha value is -0.780. The second kappa shape index (κ2) is 3.76. The van der Waals surface area contributed by atoms with E-state index in [2.05, 4.69) is 11.1 Å². The molecule has 1 aromatic heterocycles. The molecular weight excluding hydrogens is 219 g/mol. The molecule has 0 aliphatic rings. The Morgan fingerprint density at radius 1 is 1.43 bits per heavy atom. The topological polar surface area (TPSA) is 36.7 Å². The van der Waals surface area contributed by atoms with Gasteiger partial charge in [0, 0.05) is 6.20 Å². The SMILES string of the molecule is Cc1c(Cl)cnc(C(C)(C)C#N)c1Cl. The van der Waals surface area contributed by atoms with Crippen molar-refractivity contribution in [3.63, 3.8) is 0 Å². The first-order valence-electron chi connectivity index (χ1n) is 4.12. The van der Waals surface area contributed by atoms with Gasteiger partial charge in [0.05, 0.1) is 27.2 Å². The highest BCUT2D eigenvalue weighted by Gasteiger charge is 2.25. The molecule has 0 aliphatic heterocycles. The molecule has 0 aromatic carbocycles. The lowest BCUT2D eigenvalue weighted by Gasteiger charge is -2.17. The predicted molar refractivity (Wildman–Crippen MR) is 57.6 cm³/mol. The van der Waals surface area contributed by atoms with Gasteiger partial charge in [0.25, 0.3) is 0 Å². The molecule has 0 bridgehead atoms. The van der Waals surface area contributed by atoms with Crippen molar-refractivity contribution in [2.24, 2.45) is 0 Å². The average molecular weight is 229 g/mol. The summed E-state index contributed by atoms with van der Waals surface area (Å²) < 4.78 is 0. The van der Waals surface area contributed by atoms with Crippen molar-refractivity contribution >= 4 is 23.2 Å². The number of hydrogen-bond acceptors (Lipinski definition) is 2. The number of nitriles is 1. The zero-order valence-corrected chi connectivity index (χ0v) is 9.74. The molecule has 2 nitrogen and oxygen atoms in total. The maximum absolute atomic E-state index is 8.95. The summed E-state index contributed by atoms with van der Waals surface area (Å²) in [5, 5.41) is 9.95. The molecule has 0 radical (unpaired) electrons. The average Bonchev–Trinajstić information content (AvgIpc) is 2.14. The van der Waals surface area contributed by atoms with Crippen molar-refractivity contribution in [2.75, 3.05) is 0 Å². The molecule has 1 heterocycles. The quantitative estimate of drug-likeness (QED) is 0.738. The van der Waals surface area contributed by atoms with Gasteiger partial charge in [-0.15, -0.1) is 0 Å². The Bertz CT molecular complexity index is 405. The molecule has 0 saturated carbocycles. The van der Waals surface area contributed by atoms with Gasteiger partial charge < -0.3 is 0 Å². The molecule has 0 N–H and O–H groups in total. The molecule has 1 aromatic rings. The van der Waals surface area contributed by atoms with E-state index in [1.165, 1.54) is 6.20 Å². The van der Waals surface area contributed by atoms with E-state index < -0.39 is 5.41 Å². The van der Waals surface area contributed by atoms with Crippen LogP contribution in [0.2, 0.25) is 10.0 Å². The van der Waals surface area contributed by atoms with Crippen LogP contribution in [0.3, 0.4) is 0 Å². The molecule has 0 unspecified atom stereocenters. The fraction of sp³-hybridized carbons (Fsp3) is 0.400. The summed E-state index contributed by atoms with van der Waals surface area (Å²) in [6.07, 6.45) is 1.52. The highest BCUT2D eigenvalue weighted by molar-refractivity contribution is 6.36. The summed E-state index contributed by atoms with van der Waals surface area (Å²) in [5.74, 6) is 0. The van der Waals surface area contributed by atoms with Crippen molar-refractivity contribution in [3.05, 3.63) is 27.5 Å². The molecule has 0 amide bonds. The first-order chi connectivity index (χ1) is 6.40. The number of rotatable bonds is 1. The molecule has 4 heteroatoms. The van der Waals surface area contributed by atoms with E-state index in [9.17, 15) is 0 Å². The third kappa shape index (κ3) is 1.84. The van der Waals surface area contributed by atoms with Gasteiger partial charge in [0.1, 0.15) is 0 Å². The van der Waals surface area contributed by atoms with Crippen LogP contribution in [0.25, 0.3) is 0 Å². The second-order valence-electron chi connectivity index (χ2n) is 3.63. The number of pyridine rings is 1. The van der Waals surface area contributed by atoms with Crippen LogP contribution in [0.4, 0.5) is 0 Å². The van der Waals surface area contributed by atoms with Crippen LogP contribution in [0, 0.1) is 18.3 Å². The van der Waals surface area contributed by atoms with E-state index in [0.717, 1.165) is 5.56 Å². The summed E-state index contributed by atoms with van der Waals surface area (Å²) in [4.78, 5) is 4.09. The summed E-state index contributed by atoms with van der Waals surface area (Å²) >= 11 is 11.9. The van der Waals surface area contributed by atoms with E-state index in [1.54, 1.807) is 13.8 Å². The van der Waals surface area contributed by atoms with Gasteiger partial charge in [0.15, 0.2) is 0 Å². The summed E-state index contributed by atoms with van der Waals surface area (Å²) in [5.41, 5.74) is 0.650. The van der Waals surface area contributed by atoms with Gasteiger partial charge in [0.2, 0.25) is 0 Å². The molecule has 0 atom stereocenters. The molecule has 1 rings (SSSR count). The van der Waals surface area contributed by atoms with Crippen molar-refractivity contribution in [1.29, 1.82) is 5.26 Å². The van der Waals surface area contributed by atoms with Gasteiger partial charge in [-0.1, -0.05) is 23.2 Å². The van der Waals surface area contributed by atoms with E-state index in [-0.39, 0.29) is 0 Å². The lowest BCUT2D eigenvalue weighted by atomic mass is 9.90. The number of aromatic nitrogens is 1. The second-order valence-corrected chi connectivity index (χ2v) is 4.42. The van der Waals surface area contributed by atoms with Gasteiger partial charge in [-0.3, -0.25) is 4.98 Å². The Morgan fingerprint density at radius 3 is 2.50 bits per heavy atom. The lowest BCUT2D eigenvalue weighted by Crippen LogP contribution is -2.17. The molecule has 0 spiro atoms. The van der Waals surface area contributed by atoms with Crippen LogP contribution in [0.5, 0.6) is 0 Å². The minimum absolute atomic E-state index is 0.476. The maximum atomic E-state index is 8.95. The number of nitrogens with zero attached hydrogens (tertiary/aromatic N) is 2. The van der Waals surface area contributed by atoms with Crippen LogP contribution in [0.1, 0.15) is 25.1 Å². The number of hydrogen-bond donors (Lipinski definition) is 0. The van der Waals surface area contributed by atoms with Crippen LogP contribution >= 0.6 is 23.2 Å². The zero-order chi connectivity index (χ0) is 10.9. The normalized spacial score (nSPS) is 11.1. The lowest BCUT2D eigenvalue weighted by molar-refractivity contribution is 0.659. The van der Waals surface area contributed by atoms with Crippen LogP contribution in [-0.2, 0) is 5.41 Å². The van der Waals surface area contributed by atoms with Crippen LogP contribution in [-0.4, -0.2) is 4.98 Å². The van der Waals surface area contributed by atoms with E-state index in [0.29, 0.717) is 15.7 Å². The van der Waals surface area contributed by atoms with Gasteiger partial charge in [-0.2, -0.15) is 5.26 Å². The molecular formula is C10H10Cl2N2. The molecule has 14 heavy (non-hydrogen) atoms. The molecule has 0 saturated heterocycles. The van der Waals surface area contributed by atoms with Crippen LogP contribution < -0.4 is 0 Å². The molecule has 74 valence electrons. The smallest absolute Gasteiger partial charge is 0.0952 e. The fourth-order valence-electron chi connectivity index (χ4n) is 1.05. The highest BCUT2D eigenvalue weighted by atomic mass is 35.5. The minimum Gasteiger partial charge on any atom is -0.256 e. The van der Waals surface area contributed by atoms with Crippen molar-refractivity contribution in [1.82, 2.24) is 4.98 Å². The Labute approximate surface area is 93.5 Å². The predicted octanol–water partition coefficient (Wildman–Crippen LogP) is 3.50. The van der Waals surface area contributed by atoms with Crippen LogP contribution in [0.15, 0.2) is 6.20 Å². The van der Waals surface area contributed by atoms with Crippen molar-refractivity contribution in [2.45, 2.75) is 26.2 Å². The summed E-state index contributed by atoms with van der Waals surface area (Å²) in [6.45, 7) is 5.35. The Balaban J connectivity index is 3.41. The molecule has 0 fully saturated rings. The Morgan fingerprint density at radius 2 is 2.00 bits per heavy atom. The van der Waals surface area contributed by atoms with Gasteiger partial charge in [-0.25, -0.2) is 0 Å². The monoisotopic (exact) mass is 228 g/mol. The van der Waals surface area contributed by atoms with Gasteiger partial charge in [-0.05, 0) is 26.3 Å². The van der Waals surface area contributed by atoms with Gasteiger partial charge >= 0.3 is 0 Å². The minimum atomic E-state index is -0.688. The zero-order valence-electron chi connectivity index (χ0n) is 8.23. The fourth-order valence-corrected chi connectivity index (χ4v) is 1.62. The molecule has 0 aliphatic carbocycles. The summed E-state index contributed by atoms with van der Waals surface area (Å²) in [6, 6.07) is 2.16. The van der Waals surface area contributed by atoms with E-state index >= 15 is 0 Å². The van der Waals surface area contributed by atoms with Crippen molar-refractivity contribution in [3.8, 4) is 6.07 Å². The number of halogens is 2. The first-order valence-corrected chi connectivity index (χ1v) is 4.88.